The molecule has 2 heterocycles. The Morgan fingerprint density at radius 1 is 1.42 bits per heavy atom. The number of rotatable bonds is 8. The second kappa shape index (κ2) is 10.6. The van der Waals surface area contributed by atoms with Gasteiger partial charge in [-0.2, -0.15) is 4.98 Å². The second-order valence-electron chi connectivity index (χ2n) is 8.17. The number of alkyl halides is 1. The van der Waals surface area contributed by atoms with Crippen LogP contribution in [0.4, 0.5) is 10.2 Å². The lowest BCUT2D eigenvalue weighted by Gasteiger charge is -2.31. The van der Waals surface area contributed by atoms with Crippen molar-refractivity contribution in [1.82, 2.24) is 14.5 Å². The fourth-order valence-corrected chi connectivity index (χ4v) is 5.18. The van der Waals surface area contributed by atoms with Gasteiger partial charge in [0.05, 0.1) is 38.9 Å². The molecule has 2 aromatic carbocycles. The van der Waals surface area contributed by atoms with E-state index in [4.69, 9.17) is 16.3 Å². The summed E-state index contributed by atoms with van der Waals surface area (Å²) < 4.78 is 22.5. The van der Waals surface area contributed by atoms with Crippen molar-refractivity contribution in [2.75, 3.05) is 42.8 Å². The Bertz CT molecular complexity index is 1400. The zero-order valence-electron chi connectivity index (χ0n) is 19.2. The summed E-state index contributed by atoms with van der Waals surface area (Å²) in [4.78, 5) is 32.8. The Morgan fingerprint density at radius 3 is 2.81 bits per heavy atom. The van der Waals surface area contributed by atoms with Crippen molar-refractivity contribution >= 4 is 56.8 Å². The molecule has 190 valence electrons. The van der Waals surface area contributed by atoms with Crippen molar-refractivity contribution in [2.24, 2.45) is 0 Å². The van der Waals surface area contributed by atoms with Crippen LogP contribution in [0.3, 0.4) is 0 Å². The first-order chi connectivity index (χ1) is 17.2. The molecule has 1 amide bonds. The van der Waals surface area contributed by atoms with Gasteiger partial charge in [0.2, 0.25) is 5.91 Å². The van der Waals surface area contributed by atoms with E-state index in [9.17, 15) is 24.2 Å². The number of likely N-dealkylation sites (N-methyl/N-ethyl adjacent to an activating group) is 1. The highest BCUT2D eigenvalue weighted by atomic mass is 127. The van der Waals surface area contributed by atoms with E-state index in [0.717, 1.165) is 0 Å². The Balaban J connectivity index is 1.94. The number of hydrogen-bond donors (Lipinski definition) is 2. The van der Waals surface area contributed by atoms with Crippen molar-refractivity contribution in [2.45, 2.75) is 6.04 Å². The van der Waals surface area contributed by atoms with Crippen LogP contribution in [0.2, 0.25) is 5.02 Å². The topological polar surface area (TPSA) is 108 Å². The molecule has 36 heavy (non-hydrogen) atoms. The SMILES string of the molecule is C=CC(=O)N(CI)CCN(C)c1nc(=O)n2c3c(c(-c4c(O)cccc4F)c(Cl)cc13)OCC2CO. The van der Waals surface area contributed by atoms with Crippen LogP contribution in [-0.4, -0.2) is 68.5 Å². The summed E-state index contributed by atoms with van der Waals surface area (Å²) >= 11 is 8.71. The van der Waals surface area contributed by atoms with E-state index in [1.54, 1.807) is 16.8 Å². The smallest absolute Gasteiger partial charge is 0.350 e. The number of ether oxygens (including phenoxy) is 1. The number of anilines is 1. The summed E-state index contributed by atoms with van der Waals surface area (Å²) in [5.41, 5.74) is -0.422. The van der Waals surface area contributed by atoms with E-state index in [2.05, 4.69) is 34.2 Å². The maximum absolute atomic E-state index is 14.8. The number of carbonyl (C=O) groups excluding carboxylic acids is 1. The first kappa shape index (κ1) is 26.2. The van der Waals surface area contributed by atoms with Crippen LogP contribution in [0.15, 0.2) is 41.7 Å². The normalized spacial score (nSPS) is 14.4. The van der Waals surface area contributed by atoms with Gasteiger partial charge in [-0.3, -0.25) is 9.36 Å². The number of nitrogens with zero attached hydrogens (tertiary/aromatic N) is 4. The minimum absolute atomic E-state index is 0.0772. The molecule has 12 heteroatoms. The highest BCUT2D eigenvalue weighted by Gasteiger charge is 2.32. The third-order valence-electron chi connectivity index (χ3n) is 6.03. The van der Waals surface area contributed by atoms with Gasteiger partial charge in [0.15, 0.2) is 5.75 Å². The lowest BCUT2D eigenvalue weighted by molar-refractivity contribution is -0.124. The maximum atomic E-state index is 14.8. The maximum Gasteiger partial charge on any atom is 0.350 e. The monoisotopic (exact) mass is 628 g/mol. The average Bonchev–Trinajstić information content (AvgIpc) is 2.86. The molecule has 1 atom stereocenters. The van der Waals surface area contributed by atoms with Gasteiger partial charge in [0.25, 0.3) is 0 Å². The third kappa shape index (κ3) is 4.50. The molecule has 0 radical (unpaired) electrons. The molecule has 0 bridgehead atoms. The van der Waals surface area contributed by atoms with Crippen molar-refractivity contribution < 1.29 is 24.1 Å². The van der Waals surface area contributed by atoms with E-state index in [1.165, 1.54) is 34.9 Å². The number of aliphatic hydroxyl groups excluding tert-OH is 1. The minimum atomic E-state index is -0.720. The number of aromatic nitrogens is 2. The minimum Gasteiger partial charge on any atom is -0.507 e. The van der Waals surface area contributed by atoms with Crippen molar-refractivity contribution in [1.29, 1.82) is 0 Å². The molecular formula is C24H23ClFIN4O5. The lowest BCUT2D eigenvalue weighted by atomic mass is 9.99. The number of carbonyl (C=O) groups is 1. The Labute approximate surface area is 224 Å². The number of benzene rings is 2. The number of aliphatic hydroxyl groups is 1. The average molecular weight is 629 g/mol. The van der Waals surface area contributed by atoms with Gasteiger partial charge in [0, 0.05) is 25.5 Å². The summed E-state index contributed by atoms with van der Waals surface area (Å²) in [6.45, 7) is 3.73. The van der Waals surface area contributed by atoms with Gasteiger partial charge >= 0.3 is 5.69 Å². The van der Waals surface area contributed by atoms with Gasteiger partial charge in [0.1, 0.15) is 24.0 Å². The largest absolute Gasteiger partial charge is 0.507 e. The first-order valence-electron chi connectivity index (χ1n) is 10.9. The number of phenols is 1. The molecule has 0 aliphatic carbocycles. The van der Waals surface area contributed by atoms with Gasteiger partial charge in [-0.25, -0.2) is 9.18 Å². The second-order valence-corrected chi connectivity index (χ2v) is 9.26. The first-order valence-corrected chi connectivity index (χ1v) is 12.8. The highest BCUT2D eigenvalue weighted by molar-refractivity contribution is 14.1. The van der Waals surface area contributed by atoms with E-state index in [-0.39, 0.29) is 58.1 Å². The highest BCUT2D eigenvalue weighted by Crippen LogP contribution is 2.48. The molecule has 4 rings (SSSR count). The van der Waals surface area contributed by atoms with Crippen LogP contribution in [0, 0.1) is 5.82 Å². The molecule has 2 N–H and O–H groups in total. The molecular weight excluding hydrogens is 606 g/mol. The molecule has 0 spiro atoms. The standard InChI is InChI=1S/C24H23ClFIN4O5/c1-3-18(34)30(12-27)8-7-29(2)23-14-9-15(25)19(20-16(26)5-4-6-17(20)33)22-21(14)31(24(35)28-23)13(10-32)11-36-22/h3-6,9,13,32-33H,1,7-8,10-12H2,2H3. The van der Waals surface area contributed by atoms with Crippen molar-refractivity contribution in [3.8, 4) is 22.6 Å². The quantitative estimate of drug-likeness (QED) is 0.171. The molecule has 0 saturated carbocycles. The summed E-state index contributed by atoms with van der Waals surface area (Å²) in [6, 6.07) is 4.68. The molecule has 3 aromatic rings. The van der Waals surface area contributed by atoms with Crippen LogP contribution >= 0.6 is 34.2 Å². The molecule has 9 nitrogen and oxygen atoms in total. The van der Waals surface area contributed by atoms with Crippen LogP contribution < -0.4 is 15.3 Å². The third-order valence-corrected chi connectivity index (χ3v) is 7.15. The molecule has 1 aliphatic rings. The molecule has 0 saturated heterocycles. The number of aromatic hydroxyl groups is 1. The zero-order chi connectivity index (χ0) is 26.1. The predicted molar refractivity (Wildman–Crippen MR) is 144 cm³/mol. The fourth-order valence-electron chi connectivity index (χ4n) is 4.21. The van der Waals surface area contributed by atoms with Crippen LogP contribution in [0.25, 0.3) is 22.0 Å². The number of phenolic OH excluding ortho intramolecular Hbond substituents is 1. The summed E-state index contributed by atoms with van der Waals surface area (Å²) in [6.07, 6.45) is 1.23. The number of hydrogen-bond acceptors (Lipinski definition) is 7. The number of halogens is 3. The Kier molecular flexibility index (Phi) is 7.71. The molecule has 0 fully saturated rings. The van der Waals surface area contributed by atoms with Crippen LogP contribution in [0.1, 0.15) is 6.04 Å². The Hall–Kier alpha value is -2.90. The van der Waals surface area contributed by atoms with E-state index < -0.39 is 17.5 Å². The van der Waals surface area contributed by atoms with E-state index in [0.29, 0.717) is 23.0 Å². The fraction of sp³-hybridized carbons (Fsp3) is 0.292. The van der Waals surface area contributed by atoms with Gasteiger partial charge in [-0.15, -0.1) is 0 Å². The van der Waals surface area contributed by atoms with Crippen molar-refractivity contribution in [3.63, 3.8) is 0 Å². The summed E-state index contributed by atoms with van der Waals surface area (Å²) in [7, 11) is 1.72. The van der Waals surface area contributed by atoms with Crippen LogP contribution in [0.5, 0.6) is 11.5 Å². The van der Waals surface area contributed by atoms with E-state index >= 15 is 0 Å². The zero-order valence-corrected chi connectivity index (χ0v) is 22.2. The lowest BCUT2D eigenvalue weighted by Crippen LogP contribution is -2.39. The molecule has 1 aromatic heterocycles. The van der Waals surface area contributed by atoms with E-state index in [1.807, 2.05) is 0 Å². The molecule has 1 aliphatic heterocycles. The summed E-state index contributed by atoms with van der Waals surface area (Å²) in [5.74, 6) is -0.898. The molecule has 1 unspecified atom stereocenters. The predicted octanol–water partition coefficient (Wildman–Crippen LogP) is 3.33. The number of amides is 1. The van der Waals surface area contributed by atoms with Gasteiger partial charge < -0.3 is 24.7 Å². The summed E-state index contributed by atoms with van der Waals surface area (Å²) in [5, 5.41) is 20.8. The van der Waals surface area contributed by atoms with Crippen molar-refractivity contribution in [3.05, 3.63) is 58.2 Å². The Morgan fingerprint density at radius 2 is 2.17 bits per heavy atom. The van der Waals surface area contributed by atoms with Gasteiger partial charge in [-0.05, 0) is 24.3 Å². The van der Waals surface area contributed by atoms with Crippen LogP contribution in [-0.2, 0) is 4.79 Å². The van der Waals surface area contributed by atoms with Gasteiger partial charge in [-0.1, -0.05) is 46.8 Å².